The second kappa shape index (κ2) is 10.1. The number of carbonyl (C=O) groups excluding carboxylic acids is 1. The molecule has 2 amide bonds. The molecule has 0 spiro atoms. The van der Waals surface area contributed by atoms with Crippen LogP contribution in [0.2, 0.25) is 5.02 Å². The monoisotopic (exact) mass is 497 g/mol. The lowest BCUT2D eigenvalue weighted by atomic mass is 10.1. The molecule has 0 saturated carbocycles. The van der Waals surface area contributed by atoms with Gasteiger partial charge < -0.3 is 24.6 Å². The third kappa shape index (κ3) is 5.31. The SMILES string of the molecule is Cc1cc(Oc2nc(N3CCOCC3)nc3c2CN(C(=O)Nc2cccc(Cl)c2)CC3)ccc1F. The number of aryl methyl sites for hydroxylation is 1. The van der Waals surface area contributed by atoms with Crippen molar-refractivity contribution in [2.24, 2.45) is 0 Å². The Morgan fingerprint density at radius 2 is 1.97 bits per heavy atom. The van der Waals surface area contributed by atoms with Crippen molar-refractivity contribution in [2.45, 2.75) is 19.9 Å². The Morgan fingerprint density at radius 3 is 2.74 bits per heavy atom. The van der Waals surface area contributed by atoms with Gasteiger partial charge in [-0.25, -0.2) is 14.2 Å². The van der Waals surface area contributed by atoms with Crippen LogP contribution < -0.4 is 15.0 Å². The van der Waals surface area contributed by atoms with Gasteiger partial charge in [-0.2, -0.15) is 4.98 Å². The molecule has 8 nitrogen and oxygen atoms in total. The molecular formula is C25H25ClFN5O3. The van der Waals surface area contributed by atoms with Gasteiger partial charge in [0.05, 0.1) is 31.0 Å². The minimum atomic E-state index is -0.306. The minimum absolute atomic E-state index is 0.251. The predicted molar refractivity (Wildman–Crippen MR) is 131 cm³/mol. The fourth-order valence-electron chi connectivity index (χ4n) is 4.09. The third-order valence-electron chi connectivity index (χ3n) is 6.01. The van der Waals surface area contributed by atoms with Gasteiger partial charge in [0.1, 0.15) is 11.6 Å². The van der Waals surface area contributed by atoms with Crippen LogP contribution in [0, 0.1) is 12.7 Å². The number of benzene rings is 2. The Morgan fingerprint density at radius 1 is 1.14 bits per heavy atom. The highest BCUT2D eigenvalue weighted by Crippen LogP contribution is 2.32. The van der Waals surface area contributed by atoms with Crippen molar-refractivity contribution in [2.75, 3.05) is 43.1 Å². The topological polar surface area (TPSA) is 79.8 Å². The summed E-state index contributed by atoms with van der Waals surface area (Å²) in [5.74, 6) is 1.10. The Hall–Kier alpha value is -3.43. The highest BCUT2D eigenvalue weighted by Gasteiger charge is 2.28. The largest absolute Gasteiger partial charge is 0.438 e. The van der Waals surface area contributed by atoms with E-state index in [2.05, 4.69) is 10.2 Å². The summed E-state index contributed by atoms with van der Waals surface area (Å²) in [6.07, 6.45) is 0.553. The number of hydrogen-bond acceptors (Lipinski definition) is 6. The van der Waals surface area contributed by atoms with Crippen LogP contribution in [0.5, 0.6) is 11.6 Å². The molecule has 35 heavy (non-hydrogen) atoms. The molecule has 0 unspecified atom stereocenters. The van der Waals surface area contributed by atoms with Gasteiger partial charge in [0.2, 0.25) is 11.8 Å². The fraction of sp³-hybridized carbons (Fsp3) is 0.320. The van der Waals surface area contributed by atoms with Gasteiger partial charge in [0, 0.05) is 36.8 Å². The van der Waals surface area contributed by atoms with Gasteiger partial charge in [0.15, 0.2) is 0 Å². The number of rotatable bonds is 4. The molecule has 0 radical (unpaired) electrons. The van der Waals surface area contributed by atoms with Gasteiger partial charge >= 0.3 is 6.03 Å². The standard InChI is InChI=1S/C25H25ClFN5O3/c1-16-13-19(5-6-21(16)27)35-23-20-15-32(25(33)28-18-4-2-3-17(26)14-18)8-7-22(20)29-24(30-23)31-9-11-34-12-10-31/h2-6,13-14H,7-12,15H2,1H3,(H,28,33). The lowest BCUT2D eigenvalue weighted by Crippen LogP contribution is -2.41. The van der Waals surface area contributed by atoms with E-state index >= 15 is 0 Å². The molecule has 1 fully saturated rings. The van der Waals surface area contributed by atoms with Crippen molar-refractivity contribution in [1.82, 2.24) is 14.9 Å². The third-order valence-corrected chi connectivity index (χ3v) is 6.25. The zero-order chi connectivity index (χ0) is 24.4. The summed E-state index contributed by atoms with van der Waals surface area (Å²) in [5, 5.41) is 3.43. The van der Waals surface area contributed by atoms with Gasteiger partial charge in [-0.3, -0.25) is 0 Å². The fourth-order valence-corrected chi connectivity index (χ4v) is 4.29. The summed E-state index contributed by atoms with van der Waals surface area (Å²) in [6.45, 7) is 5.02. The molecule has 182 valence electrons. The van der Waals surface area contributed by atoms with E-state index in [1.54, 1.807) is 48.2 Å². The second-order valence-electron chi connectivity index (χ2n) is 8.48. The molecule has 2 aliphatic rings. The van der Waals surface area contributed by atoms with E-state index in [9.17, 15) is 9.18 Å². The number of ether oxygens (including phenoxy) is 2. The average Bonchev–Trinajstić information content (AvgIpc) is 2.86. The smallest absolute Gasteiger partial charge is 0.322 e. The first-order chi connectivity index (χ1) is 17.0. The van der Waals surface area contributed by atoms with Crippen molar-refractivity contribution in [3.63, 3.8) is 0 Å². The predicted octanol–water partition coefficient (Wildman–Crippen LogP) is 4.80. The number of nitrogens with zero attached hydrogens (tertiary/aromatic N) is 4. The highest BCUT2D eigenvalue weighted by atomic mass is 35.5. The Labute approximate surface area is 207 Å². The van der Waals surface area contributed by atoms with Gasteiger partial charge in [-0.1, -0.05) is 17.7 Å². The minimum Gasteiger partial charge on any atom is -0.438 e. The molecule has 1 aromatic heterocycles. The van der Waals surface area contributed by atoms with Crippen LogP contribution in [-0.2, 0) is 17.7 Å². The van der Waals surface area contributed by atoms with Crippen LogP contribution in [0.15, 0.2) is 42.5 Å². The Bertz CT molecular complexity index is 1250. The van der Waals surface area contributed by atoms with Crippen LogP contribution in [0.3, 0.4) is 0 Å². The molecular weight excluding hydrogens is 473 g/mol. The second-order valence-corrected chi connectivity index (χ2v) is 8.91. The maximum Gasteiger partial charge on any atom is 0.322 e. The number of halogens is 2. The Balaban J connectivity index is 1.44. The number of fused-ring (bicyclic) bond motifs is 1. The number of aromatic nitrogens is 2. The molecule has 0 atom stereocenters. The maximum atomic E-state index is 13.8. The molecule has 1 saturated heterocycles. The number of carbonyl (C=O) groups is 1. The van der Waals surface area contributed by atoms with Crippen LogP contribution in [0.25, 0.3) is 0 Å². The molecule has 3 heterocycles. The van der Waals surface area contributed by atoms with Crippen LogP contribution in [-0.4, -0.2) is 53.7 Å². The van der Waals surface area contributed by atoms with E-state index in [1.165, 1.54) is 6.07 Å². The molecule has 3 aromatic rings. The van der Waals surface area contributed by atoms with E-state index in [0.717, 1.165) is 11.3 Å². The summed E-state index contributed by atoms with van der Waals surface area (Å²) in [6, 6.07) is 11.3. The number of morpholine rings is 1. The quantitative estimate of drug-likeness (QED) is 0.558. The zero-order valence-corrected chi connectivity index (χ0v) is 20.0. The number of nitrogens with one attached hydrogen (secondary N) is 1. The maximum absolute atomic E-state index is 13.8. The number of anilines is 2. The van der Waals surface area contributed by atoms with E-state index < -0.39 is 0 Å². The number of urea groups is 1. The summed E-state index contributed by atoms with van der Waals surface area (Å²) in [5.41, 5.74) is 2.66. The molecule has 2 aliphatic heterocycles. The molecule has 1 N–H and O–H groups in total. The van der Waals surface area contributed by atoms with E-state index in [0.29, 0.717) is 73.1 Å². The highest BCUT2D eigenvalue weighted by molar-refractivity contribution is 6.30. The van der Waals surface area contributed by atoms with Gasteiger partial charge in [0.25, 0.3) is 0 Å². The first-order valence-electron chi connectivity index (χ1n) is 11.4. The summed E-state index contributed by atoms with van der Waals surface area (Å²) in [4.78, 5) is 26.2. The molecule has 2 aromatic carbocycles. The van der Waals surface area contributed by atoms with Crippen molar-refractivity contribution in [3.8, 4) is 11.6 Å². The molecule has 0 aliphatic carbocycles. The van der Waals surface area contributed by atoms with Gasteiger partial charge in [-0.15, -0.1) is 0 Å². The summed E-state index contributed by atoms with van der Waals surface area (Å²) in [7, 11) is 0. The van der Waals surface area contributed by atoms with Crippen LogP contribution >= 0.6 is 11.6 Å². The molecule has 5 rings (SSSR count). The first-order valence-corrected chi connectivity index (χ1v) is 11.8. The van der Waals surface area contributed by atoms with Crippen LogP contribution in [0.1, 0.15) is 16.8 Å². The average molecular weight is 498 g/mol. The van der Waals surface area contributed by atoms with Crippen molar-refractivity contribution < 1.29 is 18.7 Å². The lowest BCUT2D eigenvalue weighted by Gasteiger charge is -2.32. The molecule has 10 heteroatoms. The van der Waals surface area contributed by atoms with Crippen molar-refractivity contribution in [1.29, 1.82) is 0 Å². The van der Waals surface area contributed by atoms with E-state index in [4.69, 9.17) is 31.0 Å². The van der Waals surface area contributed by atoms with Crippen LogP contribution in [0.4, 0.5) is 20.8 Å². The zero-order valence-electron chi connectivity index (χ0n) is 19.3. The normalized spacial score (nSPS) is 15.5. The van der Waals surface area contributed by atoms with E-state index in [-0.39, 0.29) is 18.4 Å². The van der Waals surface area contributed by atoms with Gasteiger partial charge in [-0.05, 0) is 48.9 Å². The number of hydrogen-bond donors (Lipinski definition) is 1. The van der Waals surface area contributed by atoms with Crippen molar-refractivity contribution >= 4 is 29.3 Å². The summed E-state index contributed by atoms with van der Waals surface area (Å²) >= 11 is 6.05. The van der Waals surface area contributed by atoms with E-state index in [1.807, 2.05) is 0 Å². The lowest BCUT2D eigenvalue weighted by molar-refractivity contribution is 0.122. The number of amides is 2. The first kappa shape index (κ1) is 23.3. The molecule has 0 bridgehead atoms. The van der Waals surface area contributed by atoms with Crippen molar-refractivity contribution in [3.05, 3.63) is 70.1 Å². The Kier molecular flexibility index (Phi) is 6.70. The summed E-state index contributed by atoms with van der Waals surface area (Å²) < 4.78 is 25.4.